The third kappa shape index (κ3) is 3.72. The lowest BCUT2D eigenvalue weighted by Crippen LogP contribution is -2.15. The minimum atomic E-state index is -0.298. The van der Waals surface area contributed by atoms with Crippen LogP contribution in [0.2, 0.25) is 0 Å². The van der Waals surface area contributed by atoms with Crippen molar-refractivity contribution in [2.75, 3.05) is 19.0 Å². The molecule has 0 aliphatic carbocycles. The standard InChI is InChI=1S/C10H15N3O3/c1-3-7-12-8(6-9(14)13-7)11-5-4-10(15)16-2/h6H,3-5H2,1-2H3,(H2,11,12,13,14). The van der Waals surface area contributed by atoms with Crippen LogP contribution in [-0.2, 0) is 16.0 Å². The number of hydrogen-bond acceptors (Lipinski definition) is 5. The number of ether oxygens (including phenoxy) is 1. The van der Waals surface area contributed by atoms with Gasteiger partial charge in [-0.15, -0.1) is 0 Å². The molecule has 0 amide bonds. The van der Waals surface area contributed by atoms with E-state index in [1.165, 1.54) is 13.2 Å². The van der Waals surface area contributed by atoms with E-state index in [9.17, 15) is 9.59 Å². The van der Waals surface area contributed by atoms with Gasteiger partial charge in [-0.25, -0.2) is 4.98 Å². The highest BCUT2D eigenvalue weighted by atomic mass is 16.5. The van der Waals surface area contributed by atoms with E-state index < -0.39 is 0 Å². The first-order valence-electron chi connectivity index (χ1n) is 5.06. The smallest absolute Gasteiger partial charge is 0.307 e. The van der Waals surface area contributed by atoms with Gasteiger partial charge < -0.3 is 15.0 Å². The number of carbonyl (C=O) groups excluding carboxylic acids is 1. The van der Waals surface area contributed by atoms with Gasteiger partial charge in [0, 0.05) is 19.0 Å². The van der Waals surface area contributed by atoms with E-state index in [1.807, 2.05) is 6.92 Å². The van der Waals surface area contributed by atoms with Crippen LogP contribution in [0, 0.1) is 0 Å². The zero-order chi connectivity index (χ0) is 12.0. The summed E-state index contributed by atoms with van der Waals surface area (Å²) in [6.45, 7) is 2.29. The van der Waals surface area contributed by atoms with E-state index in [1.54, 1.807) is 0 Å². The number of nitrogens with zero attached hydrogens (tertiary/aromatic N) is 1. The van der Waals surface area contributed by atoms with Gasteiger partial charge in [-0.05, 0) is 0 Å². The number of anilines is 1. The highest BCUT2D eigenvalue weighted by Crippen LogP contribution is 1.99. The molecule has 0 spiro atoms. The number of carbonyl (C=O) groups is 1. The summed E-state index contributed by atoms with van der Waals surface area (Å²) >= 11 is 0. The Bertz CT molecular complexity index is 414. The number of H-pyrrole nitrogens is 1. The number of methoxy groups -OCH3 is 1. The molecule has 0 aliphatic rings. The van der Waals surface area contributed by atoms with Crippen LogP contribution in [0.25, 0.3) is 0 Å². The molecule has 1 rings (SSSR count). The number of rotatable bonds is 5. The summed E-state index contributed by atoms with van der Waals surface area (Å²) in [5.41, 5.74) is -0.201. The zero-order valence-electron chi connectivity index (χ0n) is 9.37. The van der Waals surface area contributed by atoms with E-state index in [-0.39, 0.29) is 17.9 Å². The highest BCUT2D eigenvalue weighted by Gasteiger charge is 2.02. The molecule has 6 heteroatoms. The zero-order valence-corrected chi connectivity index (χ0v) is 9.37. The Morgan fingerprint density at radius 3 is 3.00 bits per heavy atom. The van der Waals surface area contributed by atoms with Crippen LogP contribution in [0.3, 0.4) is 0 Å². The Morgan fingerprint density at radius 1 is 1.62 bits per heavy atom. The number of aromatic amines is 1. The van der Waals surface area contributed by atoms with Gasteiger partial charge in [0.1, 0.15) is 11.6 Å². The van der Waals surface area contributed by atoms with Gasteiger partial charge in [0.2, 0.25) is 0 Å². The molecule has 6 nitrogen and oxygen atoms in total. The van der Waals surface area contributed by atoms with Gasteiger partial charge in [0.15, 0.2) is 0 Å². The molecule has 0 aromatic carbocycles. The third-order valence-corrected chi connectivity index (χ3v) is 1.99. The van der Waals surface area contributed by atoms with Crippen LogP contribution in [0.15, 0.2) is 10.9 Å². The fourth-order valence-corrected chi connectivity index (χ4v) is 1.16. The van der Waals surface area contributed by atoms with Crippen molar-refractivity contribution in [1.82, 2.24) is 9.97 Å². The van der Waals surface area contributed by atoms with Crippen LogP contribution in [0.1, 0.15) is 19.2 Å². The van der Waals surface area contributed by atoms with Crippen molar-refractivity contribution in [1.29, 1.82) is 0 Å². The van der Waals surface area contributed by atoms with Gasteiger partial charge in [-0.2, -0.15) is 0 Å². The largest absolute Gasteiger partial charge is 0.469 e. The second kappa shape index (κ2) is 5.89. The first-order valence-corrected chi connectivity index (χ1v) is 5.06. The lowest BCUT2D eigenvalue weighted by atomic mass is 10.4. The van der Waals surface area contributed by atoms with Crippen LogP contribution < -0.4 is 10.9 Å². The lowest BCUT2D eigenvalue weighted by molar-refractivity contribution is -0.140. The highest BCUT2D eigenvalue weighted by molar-refractivity contribution is 5.69. The monoisotopic (exact) mass is 225 g/mol. The Hall–Kier alpha value is -1.85. The maximum atomic E-state index is 11.2. The van der Waals surface area contributed by atoms with Crippen LogP contribution in [-0.4, -0.2) is 29.6 Å². The molecule has 16 heavy (non-hydrogen) atoms. The Labute approximate surface area is 93.0 Å². The minimum absolute atomic E-state index is 0.201. The van der Waals surface area contributed by atoms with Gasteiger partial charge in [-0.1, -0.05) is 6.92 Å². The predicted octanol–water partition coefficient (Wildman–Crippen LogP) is 0.307. The number of hydrogen-bond donors (Lipinski definition) is 2. The molecule has 1 heterocycles. The van der Waals surface area contributed by atoms with Crippen molar-refractivity contribution in [2.45, 2.75) is 19.8 Å². The average molecular weight is 225 g/mol. The second-order valence-corrected chi connectivity index (χ2v) is 3.18. The average Bonchev–Trinajstić information content (AvgIpc) is 2.28. The molecule has 0 radical (unpaired) electrons. The topological polar surface area (TPSA) is 84.1 Å². The third-order valence-electron chi connectivity index (χ3n) is 1.99. The number of aryl methyl sites for hydroxylation is 1. The number of nitrogens with one attached hydrogen (secondary N) is 2. The van der Waals surface area contributed by atoms with E-state index in [4.69, 9.17) is 0 Å². The van der Waals surface area contributed by atoms with E-state index in [0.29, 0.717) is 24.6 Å². The fraction of sp³-hybridized carbons (Fsp3) is 0.500. The first-order chi connectivity index (χ1) is 7.65. The quantitative estimate of drug-likeness (QED) is 0.704. The van der Waals surface area contributed by atoms with Gasteiger partial charge in [0.25, 0.3) is 5.56 Å². The number of esters is 1. The van der Waals surface area contributed by atoms with Gasteiger partial charge >= 0.3 is 5.97 Å². The predicted molar refractivity (Wildman–Crippen MR) is 59.4 cm³/mol. The molecule has 0 bridgehead atoms. The van der Waals surface area contributed by atoms with Gasteiger partial charge in [0.05, 0.1) is 13.5 Å². The van der Waals surface area contributed by atoms with Crippen LogP contribution >= 0.6 is 0 Å². The normalized spacial score (nSPS) is 9.88. The molecule has 0 saturated heterocycles. The molecule has 2 N–H and O–H groups in total. The molecule has 0 unspecified atom stereocenters. The van der Waals surface area contributed by atoms with Gasteiger partial charge in [-0.3, -0.25) is 9.59 Å². The van der Waals surface area contributed by atoms with E-state index in [0.717, 1.165) is 0 Å². The summed E-state index contributed by atoms with van der Waals surface area (Å²) in [6, 6.07) is 1.36. The van der Waals surface area contributed by atoms with E-state index in [2.05, 4.69) is 20.0 Å². The summed E-state index contributed by atoms with van der Waals surface area (Å²) in [5.74, 6) is 0.797. The second-order valence-electron chi connectivity index (χ2n) is 3.18. The molecule has 0 atom stereocenters. The molecular weight excluding hydrogens is 210 g/mol. The minimum Gasteiger partial charge on any atom is -0.469 e. The molecule has 1 aromatic rings. The van der Waals surface area contributed by atoms with E-state index >= 15 is 0 Å². The van der Waals surface area contributed by atoms with Crippen LogP contribution in [0.4, 0.5) is 5.82 Å². The SMILES string of the molecule is CCc1nc(NCCC(=O)OC)cc(=O)[nH]1. The lowest BCUT2D eigenvalue weighted by Gasteiger charge is -2.05. The molecule has 0 fully saturated rings. The van der Waals surface area contributed by atoms with Crippen molar-refractivity contribution in [3.8, 4) is 0 Å². The summed E-state index contributed by atoms with van der Waals surface area (Å²) in [6.07, 6.45) is 0.897. The van der Waals surface area contributed by atoms with Crippen molar-refractivity contribution in [2.24, 2.45) is 0 Å². The van der Waals surface area contributed by atoms with Crippen molar-refractivity contribution in [3.05, 3.63) is 22.2 Å². The Morgan fingerprint density at radius 2 is 2.38 bits per heavy atom. The molecular formula is C10H15N3O3. The maximum Gasteiger partial charge on any atom is 0.307 e. The molecule has 1 aromatic heterocycles. The molecule has 88 valence electrons. The Kier molecular flexibility index (Phi) is 4.50. The summed E-state index contributed by atoms with van der Waals surface area (Å²) in [5, 5.41) is 2.89. The Balaban J connectivity index is 2.57. The first kappa shape index (κ1) is 12.2. The maximum absolute atomic E-state index is 11.2. The van der Waals surface area contributed by atoms with Crippen molar-refractivity contribution >= 4 is 11.8 Å². The molecule has 0 saturated carbocycles. The van der Waals surface area contributed by atoms with Crippen LogP contribution in [0.5, 0.6) is 0 Å². The summed E-state index contributed by atoms with van der Waals surface area (Å²) in [4.78, 5) is 28.8. The number of aromatic nitrogens is 2. The summed E-state index contributed by atoms with van der Waals surface area (Å²) < 4.78 is 4.49. The fourth-order valence-electron chi connectivity index (χ4n) is 1.16. The van der Waals surface area contributed by atoms with Crippen molar-refractivity contribution in [3.63, 3.8) is 0 Å². The van der Waals surface area contributed by atoms with Crippen molar-refractivity contribution < 1.29 is 9.53 Å². The summed E-state index contributed by atoms with van der Waals surface area (Å²) in [7, 11) is 1.34. The molecule has 0 aliphatic heterocycles.